The van der Waals surface area contributed by atoms with E-state index in [9.17, 15) is 18.9 Å². The summed E-state index contributed by atoms with van der Waals surface area (Å²) in [5, 5.41) is 0. The van der Waals surface area contributed by atoms with Gasteiger partial charge in [0.1, 0.15) is 23.7 Å². The van der Waals surface area contributed by atoms with Gasteiger partial charge in [-0.15, -0.1) is 6.42 Å². The van der Waals surface area contributed by atoms with E-state index in [1.807, 2.05) is 0 Å². The van der Waals surface area contributed by atoms with E-state index in [1.165, 1.54) is 12.3 Å². The first-order chi connectivity index (χ1) is 15.7. The number of aromatic amines is 1. The molecule has 1 N–H and O–H groups in total. The van der Waals surface area contributed by atoms with Crippen LogP contribution in [-0.2, 0) is 32.4 Å². The number of aromatic nitrogens is 2. The number of phosphoric acid groups is 1. The Labute approximate surface area is 190 Å². The maximum Gasteiger partial charge on any atom is 0.475 e. The van der Waals surface area contributed by atoms with Crippen LogP contribution >= 0.6 is 7.82 Å². The van der Waals surface area contributed by atoms with Gasteiger partial charge in [0.05, 0.1) is 13.2 Å². The molecule has 1 aromatic rings. The zero-order valence-electron chi connectivity index (χ0n) is 18.3. The topological polar surface area (TPSA) is 135 Å². The molecule has 12 heteroatoms. The van der Waals surface area contributed by atoms with Gasteiger partial charge >= 0.3 is 19.5 Å². The minimum Gasteiger partial charge on any atom is -0.462 e. The number of nitrogens with zero attached hydrogens (tertiary/aromatic N) is 1. The molecular weight excluding hydrogens is 455 g/mol. The Morgan fingerprint density at radius 2 is 2.15 bits per heavy atom. The van der Waals surface area contributed by atoms with Crippen LogP contribution in [0.25, 0.3) is 0 Å². The molecule has 0 amide bonds. The van der Waals surface area contributed by atoms with Crippen molar-refractivity contribution in [1.29, 1.82) is 0 Å². The molecule has 0 spiro atoms. The van der Waals surface area contributed by atoms with Crippen LogP contribution in [0.1, 0.15) is 51.7 Å². The van der Waals surface area contributed by atoms with Gasteiger partial charge in [-0.2, -0.15) is 0 Å². The average Bonchev–Trinajstić information content (AvgIpc) is 3.38. The van der Waals surface area contributed by atoms with Gasteiger partial charge in [0.25, 0.3) is 5.56 Å². The minimum absolute atomic E-state index is 0.00887. The molecule has 2 saturated heterocycles. The summed E-state index contributed by atoms with van der Waals surface area (Å²) in [6.45, 7) is 1.47. The van der Waals surface area contributed by atoms with Crippen molar-refractivity contribution in [1.82, 2.24) is 9.55 Å². The largest absolute Gasteiger partial charge is 0.475 e. The molecule has 0 aromatic carbocycles. The fraction of sp³-hybridized carbons (Fsp3) is 0.667. The molecular formula is C21H27N2O9P. The van der Waals surface area contributed by atoms with Crippen molar-refractivity contribution < 1.29 is 32.4 Å². The number of carbonyl (C=O) groups is 1. The maximum absolute atomic E-state index is 13.0. The van der Waals surface area contributed by atoms with E-state index in [4.69, 9.17) is 29.5 Å². The van der Waals surface area contributed by atoms with Crippen molar-refractivity contribution >= 4 is 13.8 Å². The van der Waals surface area contributed by atoms with Gasteiger partial charge in [0.2, 0.25) is 0 Å². The lowest BCUT2D eigenvalue weighted by Gasteiger charge is -2.35. The lowest BCUT2D eigenvalue weighted by atomic mass is 9.83. The van der Waals surface area contributed by atoms with Gasteiger partial charge in [0, 0.05) is 18.7 Å². The Hall–Kier alpha value is -2.22. The van der Waals surface area contributed by atoms with Gasteiger partial charge in [-0.25, -0.2) is 9.36 Å². The van der Waals surface area contributed by atoms with Crippen LogP contribution < -0.4 is 11.2 Å². The molecule has 5 atom stereocenters. The first kappa shape index (κ1) is 23.9. The summed E-state index contributed by atoms with van der Waals surface area (Å²) in [6, 6.07) is 1.17. The van der Waals surface area contributed by atoms with Crippen molar-refractivity contribution in [2.75, 3.05) is 13.2 Å². The standard InChI is InChI=1S/C21H27N2O9P/c1-3-21(2)18-15(31-19(21)23-11-10-16(24)22-20(23)26)13-29-33(27,32-18)28-12-6-9-17(25)30-14-7-4-5-8-14/h1,10-11,14-15,18-19H,4-9,12-13H2,2H3,(H,22,24,26)/t15-,18-,19-,21-,33?/m1/s1. The Morgan fingerprint density at radius 3 is 2.85 bits per heavy atom. The summed E-state index contributed by atoms with van der Waals surface area (Å²) in [5.74, 6) is 2.28. The van der Waals surface area contributed by atoms with Crippen LogP contribution in [0.2, 0.25) is 0 Å². The van der Waals surface area contributed by atoms with Gasteiger partial charge < -0.3 is 9.47 Å². The van der Waals surface area contributed by atoms with Gasteiger partial charge in [0.15, 0.2) is 6.23 Å². The first-order valence-electron chi connectivity index (χ1n) is 11.0. The molecule has 1 unspecified atom stereocenters. The number of ether oxygens (including phenoxy) is 2. The molecule has 4 rings (SSSR count). The normalized spacial score (nSPS) is 34.0. The molecule has 1 saturated carbocycles. The van der Waals surface area contributed by atoms with Crippen LogP contribution in [0.5, 0.6) is 0 Å². The van der Waals surface area contributed by atoms with Gasteiger partial charge in [-0.3, -0.25) is 32.7 Å². The van der Waals surface area contributed by atoms with E-state index < -0.39 is 42.9 Å². The molecule has 0 bridgehead atoms. The van der Waals surface area contributed by atoms with Crippen molar-refractivity contribution in [2.45, 2.75) is 70.0 Å². The second-order valence-electron chi connectivity index (χ2n) is 8.57. The molecule has 1 aromatic heterocycles. The molecule has 3 heterocycles. The Bertz CT molecular complexity index is 1090. The number of hydrogen-bond donors (Lipinski definition) is 1. The molecule has 0 radical (unpaired) electrons. The summed E-state index contributed by atoms with van der Waals surface area (Å²) >= 11 is 0. The van der Waals surface area contributed by atoms with Crippen LogP contribution in [0.4, 0.5) is 0 Å². The second-order valence-corrected chi connectivity index (χ2v) is 10.2. The number of H-pyrrole nitrogens is 1. The first-order valence-corrected chi connectivity index (χ1v) is 12.4. The number of fused-ring (bicyclic) bond motifs is 1. The number of rotatable bonds is 7. The van der Waals surface area contributed by atoms with Crippen molar-refractivity contribution in [3.8, 4) is 12.3 Å². The lowest BCUT2D eigenvalue weighted by molar-refractivity contribution is -0.149. The van der Waals surface area contributed by atoms with E-state index >= 15 is 0 Å². The van der Waals surface area contributed by atoms with E-state index in [2.05, 4.69) is 10.9 Å². The third-order valence-corrected chi connectivity index (χ3v) is 7.62. The molecule has 3 fully saturated rings. The summed E-state index contributed by atoms with van der Waals surface area (Å²) in [4.78, 5) is 37.8. The third kappa shape index (κ3) is 5.00. The Kier molecular flexibility index (Phi) is 6.93. The second kappa shape index (κ2) is 9.57. The highest BCUT2D eigenvalue weighted by Crippen LogP contribution is 2.60. The van der Waals surface area contributed by atoms with Crippen LogP contribution in [0.15, 0.2) is 21.9 Å². The molecule has 33 heavy (non-hydrogen) atoms. The minimum atomic E-state index is -3.98. The van der Waals surface area contributed by atoms with Gasteiger partial charge in [-0.05, 0) is 39.0 Å². The fourth-order valence-electron chi connectivity index (χ4n) is 4.37. The summed E-state index contributed by atoms with van der Waals surface area (Å²) in [6.07, 6.45) is 8.80. The van der Waals surface area contributed by atoms with Gasteiger partial charge in [-0.1, -0.05) is 5.92 Å². The number of carbonyl (C=O) groups excluding carboxylic acids is 1. The quantitative estimate of drug-likeness (QED) is 0.267. The number of hydrogen-bond acceptors (Lipinski definition) is 9. The van der Waals surface area contributed by atoms with E-state index in [0.29, 0.717) is 0 Å². The highest BCUT2D eigenvalue weighted by molar-refractivity contribution is 7.48. The number of phosphoric ester groups is 1. The molecule has 1 aliphatic carbocycles. The Morgan fingerprint density at radius 1 is 1.39 bits per heavy atom. The zero-order valence-corrected chi connectivity index (χ0v) is 19.2. The lowest BCUT2D eigenvalue weighted by Crippen LogP contribution is -2.43. The van der Waals surface area contributed by atoms with Crippen LogP contribution in [0, 0.1) is 17.8 Å². The van der Waals surface area contributed by atoms with Crippen molar-refractivity contribution in [3.63, 3.8) is 0 Å². The average molecular weight is 482 g/mol. The molecule has 3 aliphatic rings. The Balaban J connectivity index is 1.36. The zero-order chi connectivity index (χ0) is 23.6. The third-order valence-electron chi connectivity index (χ3n) is 6.17. The fourth-order valence-corrected chi connectivity index (χ4v) is 5.89. The highest BCUT2D eigenvalue weighted by atomic mass is 31.2. The number of terminal acetylenes is 1. The van der Waals surface area contributed by atoms with Crippen molar-refractivity contribution in [2.24, 2.45) is 5.41 Å². The predicted octanol–water partition coefficient (Wildman–Crippen LogP) is 1.88. The number of nitrogens with one attached hydrogen (secondary N) is 1. The van der Waals surface area contributed by atoms with E-state index in [-0.39, 0.29) is 38.1 Å². The molecule has 2 aliphatic heterocycles. The SMILES string of the molecule is C#C[C@]1(C)[C@@H]2OP(=O)(OCCCC(=O)OC3CCCC3)OC[C@H]2O[C@H]1n1ccc(=O)[nH]c1=O. The monoisotopic (exact) mass is 482 g/mol. The number of esters is 1. The molecule has 180 valence electrons. The van der Waals surface area contributed by atoms with Crippen LogP contribution in [0.3, 0.4) is 0 Å². The maximum atomic E-state index is 13.0. The molecule has 11 nitrogen and oxygen atoms in total. The van der Waals surface area contributed by atoms with E-state index in [0.717, 1.165) is 30.3 Å². The van der Waals surface area contributed by atoms with E-state index in [1.54, 1.807) is 6.92 Å². The summed E-state index contributed by atoms with van der Waals surface area (Å²) in [7, 11) is -3.98. The summed E-state index contributed by atoms with van der Waals surface area (Å²) in [5.41, 5.74) is -2.46. The summed E-state index contributed by atoms with van der Waals surface area (Å²) < 4.78 is 41.9. The van der Waals surface area contributed by atoms with Crippen LogP contribution in [-0.4, -0.2) is 47.0 Å². The van der Waals surface area contributed by atoms with Crippen molar-refractivity contribution in [3.05, 3.63) is 33.1 Å². The smallest absolute Gasteiger partial charge is 0.462 e. The predicted molar refractivity (Wildman–Crippen MR) is 114 cm³/mol. The highest BCUT2D eigenvalue weighted by Gasteiger charge is 2.60.